The fourth-order valence-electron chi connectivity index (χ4n) is 5.52. The Morgan fingerprint density at radius 2 is 1.15 bits per heavy atom. The lowest BCUT2D eigenvalue weighted by molar-refractivity contribution is 0.318. The van der Waals surface area contributed by atoms with Crippen LogP contribution in [0.15, 0.2) is 118 Å². The fourth-order valence-corrected chi connectivity index (χ4v) is 7.22. The summed E-state index contributed by atoms with van der Waals surface area (Å²) in [4.78, 5) is -0.0563. The second kappa shape index (κ2) is 11.8. The molecule has 6 aromatic rings. The van der Waals surface area contributed by atoms with Gasteiger partial charge in [0.25, 0.3) is 10.0 Å². The van der Waals surface area contributed by atoms with Gasteiger partial charge in [0.1, 0.15) is 16.4 Å². The first-order valence-corrected chi connectivity index (χ1v) is 15.4. The van der Waals surface area contributed by atoms with Gasteiger partial charge in [-0.1, -0.05) is 58.8 Å². The molecule has 0 amide bonds. The number of nitrogens with zero attached hydrogens (tertiary/aromatic N) is 3. The molecule has 0 bridgehead atoms. The van der Waals surface area contributed by atoms with Gasteiger partial charge in [-0.25, -0.2) is 12.4 Å². The van der Waals surface area contributed by atoms with Crippen LogP contribution in [0, 0.1) is 0 Å². The van der Waals surface area contributed by atoms with Gasteiger partial charge in [0, 0.05) is 28.0 Å². The number of fused-ring (bicyclic) bond motifs is 3. The number of nitrogens with two attached hydrogens (primary N) is 2. The summed E-state index contributed by atoms with van der Waals surface area (Å²) in [7, 11) is -1.35. The van der Waals surface area contributed by atoms with Crippen molar-refractivity contribution in [1.29, 1.82) is 0 Å². The molecule has 0 saturated carbocycles. The van der Waals surface area contributed by atoms with E-state index in [2.05, 4.69) is 10.3 Å². The van der Waals surface area contributed by atoms with E-state index in [0.717, 1.165) is 22.3 Å². The zero-order valence-electron chi connectivity index (χ0n) is 24.7. The summed E-state index contributed by atoms with van der Waals surface area (Å²) in [6.07, 6.45) is 0. The smallest absolute Gasteiger partial charge is 0.272 e. The minimum Gasteiger partial charge on any atom is -0.497 e. The van der Waals surface area contributed by atoms with Crippen LogP contribution in [-0.4, -0.2) is 48.7 Å². The largest absolute Gasteiger partial charge is 0.497 e. The average Bonchev–Trinajstić information content (AvgIpc) is 3.44. The molecule has 5 aromatic carbocycles. The van der Waals surface area contributed by atoms with E-state index in [0.29, 0.717) is 38.7 Å². The Hall–Kier alpha value is -6.01. The average molecular weight is 636 g/mol. The van der Waals surface area contributed by atoms with E-state index >= 15 is 0 Å². The molecule has 6 N–H and O–H groups in total. The van der Waals surface area contributed by atoms with Crippen molar-refractivity contribution in [2.45, 2.75) is 4.90 Å². The zero-order valence-corrected chi connectivity index (χ0v) is 25.6. The first kappa shape index (κ1) is 30.0. The van der Waals surface area contributed by atoms with Crippen LogP contribution in [0.2, 0.25) is 0 Å². The van der Waals surface area contributed by atoms with Crippen LogP contribution in [0.5, 0.6) is 11.5 Å². The summed E-state index contributed by atoms with van der Waals surface area (Å²) in [6.45, 7) is 0. The Morgan fingerprint density at radius 1 is 0.652 bits per heavy atom. The molecule has 0 aliphatic carbocycles. The molecule has 0 spiro atoms. The molecule has 1 heterocycles. The maximum absolute atomic E-state index is 14.5. The molecule has 0 radical (unpaired) electrons. The lowest BCUT2D eigenvalue weighted by Gasteiger charge is -2.14. The van der Waals surface area contributed by atoms with Crippen LogP contribution in [0.25, 0.3) is 44.1 Å². The molecule has 0 unspecified atom stereocenters. The minimum atomic E-state index is -4.23. The molecular weight excluding hydrogens is 606 g/mol. The zero-order chi connectivity index (χ0) is 32.6. The van der Waals surface area contributed by atoms with Gasteiger partial charge in [0.05, 0.1) is 25.3 Å². The van der Waals surface area contributed by atoms with Crippen molar-refractivity contribution in [3.05, 3.63) is 114 Å². The van der Waals surface area contributed by atoms with E-state index in [4.69, 9.17) is 20.9 Å². The molecule has 232 valence electrons. The van der Waals surface area contributed by atoms with Gasteiger partial charge in [-0.3, -0.25) is 0 Å². The highest BCUT2D eigenvalue weighted by atomic mass is 32.2. The number of ether oxygens (including phenoxy) is 2. The lowest BCUT2D eigenvalue weighted by atomic mass is 9.98. The summed E-state index contributed by atoms with van der Waals surface area (Å²) in [5.41, 5.74) is 16.8. The van der Waals surface area contributed by atoms with Crippen molar-refractivity contribution in [2.75, 3.05) is 14.2 Å². The number of amidine groups is 2. The van der Waals surface area contributed by atoms with Gasteiger partial charge in [0.2, 0.25) is 0 Å². The lowest BCUT2D eigenvalue weighted by Crippen LogP contribution is -2.14. The van der Waals surface area contributed by atoms with Crippen molar-refractivity contribution in [1.82, 2.24) is 3.97 Å². The van der Waals surface area contributed by atoms with E-state index in [9.17, 15) is 18.8 Å². The molecular formula is C34H29N5O6S. The number of oxime groups is 2. The van der Waals surface area contributed by atoms with Gasteiger partial charge in [-0.05, 0) is 70.8 Å². The molecule has 46 heavy (non-hydrogen) atoms. The van der Waals surface area contributed by atoms with Gasteiger partial charge < -0.3 is 31.4 Å². The van der Waals surface area contributed by atoms with Crippen LogP contribution in [0.3, 0.4) is 0 Å². The number of rotatable bonds is 8. The standard InChI is InChI=1S/C34H29N5O6S/c1-44-26-11-14-31(45-2)32(19-26)46(42,43)39-29-12-9-22(20-5-3-7-24(15-20)33(35)37-40)17-27(29)28-18-23(10-13-30(28)39)21-6-4-8-25(16-21)34(36)38-41/h3-19,40-41H,1-2H3,(H2,35,37)(H2,36,38). The summed E-state index contributed by atoms with van der Waals surface area (Å²) in [5, 5.41) is 25.9. The monoisotopic (exact) mass is 635 g/mol. The van der Waals surface area contributed by atoms with Crippen molar-refractivity contribution in [3.8, 4) is 33.8 Å². The highest BCUT2D eigenvalue weighted by Gasteiger charge is 2.28. The SMILES string of the molecule is COc1ccc(OC)c(S(=O)(=O)n2c3ccc(-c4cccc(/C(N)=N/O)c4)cc3c3cc(-c4cccc(/C(N)=N/O)c4)ccc32)c1. The predicted molar refractivity (Wildman–Crippen MR) is 177 cm³/mol. The Balaban J connectivity index is 1.65. The van der Waals surface area contributed by atoms with E-state index in [1.165, 1.54) is 24.3 Å². The molecule has 0 aliphatic rings. The molecule has 12 heteroatoms. The normalized spacial score (nSPS) is 12.5. The third-order valence-electron chi connectivity index (χ3n) is 7.81. The van der Waals surface area contributed by atoms with E-state index in [1.54, 1.807) is 60.7 Å². The third-order valence-corrected chi connectivity index (χ3v) is 9.56. The topological polar surface area (TPSA) is 175 Å². The molecule has 0 atom stereocenters. The summed E-state index contributed by atoms with van der Waals surface area (Å²) in [6, 6.07) is 30.0. The number of hydrogen-bond acceptors (Lipinski definition) is 8. The van der Waals surface area contributed by atoms with E-state index in [1.807, 2.05) is 36.4 Å². The highest BCUT2D eigenvalue weighted by molar-refractivity contribution is 7.90. The Bertz CT molecular complexity index is 2190. The van der Waals surface area contributed by atoms with Crippen LogP contribution in [0.4, 0.5) is 0 Å². The van der Waals surface area contributed by atoms with Crippen LogP contribution in [-0.2, 0) is 10.0 Å². The van der Waals surface area contributed by atoms with Crippen LogP contribution < -0.4 is 20.9 Å². The van der Waals surface area contributed by atoms with Crippen molar-refractivity contribution in [2.24, 2.45) is 21.8 Å². The first-order chi connectivity index (χ1) is 22.2. The highest BCUT2D eigenvalue weighted by Crippen LogP contribution is 2.39. The molecule has 6 rings (SSSR count). The van der Waals surface area contributed by atoms with Gasteiger partial charge in [-0.15, -0.1) is 0 Å². The quantitative estimate of drug-likeness (QED) is 0.0726. The van der Waals surface area contributed by atoms with Crippen molar-refractivity contribution in [3.63, 3.8) is 0 Å². The maximum Gasteiger partial charge on any atom is 0.272 e. The van der Waals surface area contributed by atoms with Crippen LogP contribution in [0.1, 0.15) is 11.1 Å². The summed E-state index contributed by atoms with van der Waals surface area (Å²) < 4.78 is 41.1. The Kier molecular flexibility index (Phi) is 7.72. The van der Waals surface area contributed by atoms with Crippen molar-refractivity contribution >= 4 is 43.5 Å². The molecule has 0 aliphatic heterocycles. The summed E-state index contributed by atoms with van der Waals surface area (Å²) >= 11 is 0. The first-order valence-electron chi connectivity index (χ1n) is 13.9. The van der Waals surface area contributed by atoms with E-state index in [-0.39, 0.29) is 22.3 Å². The van der Waals surface area contributed by atoms with Crippen molar-refractivity contribution < 1.29 is 28.3 Å². The Morgan fingerprint density at radius 3 is 1.61 bits per heavy atom. The number of benzene rings is 5. The molecule has 0 saturated heterocycles. The van der Waals surface area contributed by atoms with Crippen LogP contribution >= 0.6 is 0 Å². The predicted octanol–water partition coefficient (Wildman–Crippen LogP) is 5.57. The van der Waals surface area contributed by atoms with E-state index < -0.39 is 10.0 Å². The Labute approximate surface area is 264 Å². The fraction of sp³-hybridized carbons (Fsp3) is 0.0588. The number of methoxy groups -OCH3 is 2. The second-order valence-electron chi connectivity index (χ2n) is 10.4. The molecule has 1 aromatic heterocycles. The van der Waals surface area contributed by atoms with Gasteiger partial charge >= 0.3 is 0 Å². The second-order valence-corrected chi connectivity index (χ2v) is 12.1. The number of hydrogen-bond donors (Lipinski definition) is 4. The molecule has 11 nitrogen and oxygen atoms in total. The minimum absolute atomic E-state index is 0.0309. The summed E-state index contributed by atoms with van der Waals surface area (Å²) in [5.74, 6) is 0.470. The van der Waals surface area contributed by atoms with Gasteiger partial charge in [0.15, 0.2) is 11.7 Å². The third kappa shape index (κ3) is 5.10. The maximum atomic E-state index is 14.5. The molecule has 0 fully saturated rings. The number of aromatic nitrogens is 1. The van der Waals surface area contributed by atoms with Gasteiger partial charge in [-0.2, -0.15) is 0 Å².